The van der Waals surface area contributed by atoms with Gasteiger partial charge in [0.2, 0.25) is 0 Å². The van der Waals surface area contributed by atoms with Crippen LogP contribution in [0.25, 0.3) is 0 Å². The molecule has 0 heterocycles. The topological polar surface area (TPSA) is 64.1 Å². The smallest absolute Gasteiger partial charge is 0.191 e. The first-order valence-electron chi connectivity index (χ1n) is 9.56. The molecule has 6 nitrogen and oxygen atoms in total. The molecule has 0 fully saturated rings. The lowest BCUT2D eigenvalue weighted by atomic mass is 10.1. The minimum atomic E-state index is -0.00640. The van der Waals surface area contributed by atoms with Crippen molar-refractivity contribution in [2.75, 3.05) is 33.9 Å². The van der Waals surface area contributed by atoms with Crippen LogP contribution in [0.5, 0.6) is 11.5 Å². The number of guanidine groups is 1. The molecule has 0 bridgehead atoms. The lowest BCUT2D eigenvalue weighted by molar-refractivity contribution is 0.128. The number of nitrogens with zero attached hydrogens (tertiary/aromatic N) is 1. The Morgan fingerprint density at radius 2 is 1.86 bits per heavy atom. The lowest BCUT2D eigenvalue weighted by Gasteiger charge is -2.20. The average Bonchev–Trinajstić information content (AvgIpc) is 2.73. The highest BCUT2D eigenvalue weighted by Crippen LogP contribution is 2.29. The van der Waals surface area contributed by atoms with Crippen molar-refractivity contribution in [1.82, 2.24) is 10.6 Å². The van der Waals surface area contributed by atoms with Crippen LogP contribution in [-0.2, 0) is 11.3 Å². The van der Waals surface area contributed by atoms with Crippen molar-refractivity contribution in [3.8, 4) is 11.5 Å². The van der Waals surface area contributed by atoms with E-state index in [9.17, 15) is 0 Å². The van der Waals surface area contributed by atoms with Crippen molar-refractivity contribution in [3.63, 3.8) is 0 Å². The molecule has 2 aromatic carbocycles. The van der Waals surface area contributed by atoms with Crippen LogP contribution in [0.3, 0.4) is 0 Å². The fraction of sp³-hybridized carbons (Fsp3) is 0.409. The van der Waals surface area contributed by atoms with Gasteiger partial charge in [-0.25, -0.2) is 0 Å². The zero-order valence-electron chi connectivity index (χ0n) is 17.2. The second kappa shape index (κ2) is 11.9. The summed E-state index contributed by atoms with van der Waals surface area (Å²) in [6, 6.07) is 15.9. The first-order valence-corrected chi connectivity index (χ1v) is 9.56. The van der Waals surface area contributed by atoms with Crippen LogP contribution in [0.1, 0.15) is 31.0 Å². The Kier molecular flexibility index (Phi) is 9.15. The Balaban J connectivity index is 1.92. The first-order chi connectivity index (χ1) is 13.7. The number of benzene rings is 2. The Bertz CT molecular complexity index is 735. The summed E-state index contributed by atoms with van der Waals surface area (Å²) >= 11 is 0. The number of nitrogens with one attached hydrogen (secondary N) is 2. The Morgan fingerprint density at radius 1 is 1.07 bits per heavy atom. The Labute approximate surface area is 167 Å². The number of methoxy groups -OCH3 is 2. The summed E-state index contributed by atoms with van der Waals surface area (Å²) in [6.45, 7) is 6.61. The van der Waals surface area contributed by atoms with Crippen LogP contribution in [0.4, 0.5) is 0 Å². The molecule has 0 aliphatic carbocycles. The van der Waals surface area contributed by atoms with Crippen LogP contribution in [0.15, 0.2) is 53.5 Å². The van der Waals surface area contributed by atoms with Gasteiger partial charge in [0.25, 0.3) is 0 Å². The maximum Gasteiger partial charge on any atom is 0.191 e. The minimum Gasteiger partial charge on any atom is -0.497 e. The van der Waals surface area contributed by atoms with Crippen molar-refractivity contribution < 1.29 is 14.2 Å². The van der Waals surface area contributed by atoms with Crippen LogP contribution in [0.2, 0.25) is 0 Å². The molecule has 0 amide bonds. The normalized spacial score (nSPS) is 12.4. The molecule has 0 radical (unpaired) electrons. The van der Waals surface area contributed by atoms with E-state index in [1.54, 1.807) is 14.2 Å². The van der Waals surface area contributed by atoms with E-state index in [0.717, 1.165) is 35.1 Å². The van der Waals surface area contributed by atoms with Gasteiger partial charge in [0.05, 0.1) is 40.0 Å². The van der Waals surface area contributed by atoms with E-state index in [-0.39, 0.29) is 6.04 Å². The summed E-state index contributed by atoms with van der Waals surface area (Å²) in [5.41, 5.74) is 2.17. The summed E-state index contributed by atoms with van der Waals surface area (Å²) in [6.07, 6.45) is 0. The molecule has 2 N–H and O–H groups in total. The second-order valence-electron chi connectivity index (χ2n) is 6.27. The fourth-order valence-electron chi connectivity index (χ4n) is 2.77. The van der Waals surface area contributed by atoms with Crippen molar-refractivity contribution in [1.29, 1.82) is 0 Å². The van der Waals surface area contributed by atoms with Gasteiger partial charge < -0.3 is 24.8 Å². The molecule has 2 rings (SSSR count). The van der Waals surface area contributed by atoms with Gasteiger partial charge in [-0.15, -0.1) is 0 Å². The van der Waals surface area contributed by atoms with Gasteiger partial charge in [-0.2, -0.15) is 0 Å². The molecule has 0 aliphatic heterocycles. The third-order valence-electron chi connectivity index (χ3n) is 4.22. The number of ether oxygens (including phenoxy) is 3. The number of aliphatic imine (C=N–C) groups is 1. The van der Waals surface area contributed by atoms with Crippen LogP contribution >= 0.6 is 0 Å². The number of hydrogen-bond acceptors (Lipinski definition) is 4. The van der Waals surface area contributed by atoms with Crippen LogP contribution < -0.4 is 20.1 Å². The van der Waals surface area contributed by atoms with Gasteiger partial charge in [-0.3, -0.25) is 4.99 Å². The first kappa shape index (κ1) is 21.6. The zero-order chi connectivity index (χ0) is 20.2. The van der Waals surface area contributed by atoms with Gasteiger partial charge in [0.15, 0.2) is 5.96 Å². The van der Waals surface area contributed by atoms with Crippen molar-refractivity contribution >= 4 is 5.96 Å². The number of rotatable bonds is 10. The van der Waals surface area contributed by atoms with Crippen LogP contribution in [0, 0.1) is 0 Å². The Morgan fingerprint density at radius 3 is 2.54 bits per heavy atom. The van der Waals surface area contributed by atoms with Gasteiger partial charge in [0, 0.05) is 12.1 Å². The van der Waals surface area contributed by atoms with E-state index in [4.69, 9.17) is 14.2 Å². The predicted molar refractivity (Wildman–Crippen MR) is 113 cm³/mol. The molecule has 0 aromatic heterocycles. The SMILES string of the molecule is CCNC(=NCCOCc1ccccc1)NC(C)c1cc(OC)ccc1OC. The second-order valence-corrected chi connectivity index (χ2v) is 6.27. The molecule has 2 aromatic rings. The average molecular weight is 386 g/mol. The molecule has 1 unspecified atom stereocenters. The molecular formula is C22H31N3O3. The van der Waals surface area contributed by atoms with E-state index in [2.05, 4.69) is 34.7 Å². The van der Waals surface area contributed by atoms with Crippen molar-refractivity contribution in [2.24, 2.45) is 4.99 Å². The van der Waals surface area contributed by atoms with Crippen LogP contribution in [-0.4, -0.2) is 39.9 Å². The predicted octanol–water partition coefficient (Wildman–Crippen LogP) is 3.54. The summed E-state index contributed by atoms with van der Waals surface area (Å²) in [4.78, 5) is 4.61. The standard InChI is InChI=1S/C22H31N3O3/c1-5-23-22(24-13-14-28-16-18-9-7-6-8-10-18)25-17(2)20-15-19(26-3)11-12-21(20)27-4/h6-12,15,17H,5,13-14,16H2,1-4H3,(H2,23,24,25). The highest BCUT2D eigenvalue weighted by molar-refractivity contribution is 5.80. The highest BCUT2D eigenvalue weighted by Gasteiger charge is 2.14. The third-order valence-corrected chi connectivity index (χ3v) is 4.22. The maximum absolute atomic E-state index is 5.71. The molecule has 0 spiro atoms. The maximum atomic E-state index is 5.71. The van der Waals surface area contributed by atoms with Gasteiger partial charge in [-0.1, -0.05) is 30.3 Å². The summed E-state index contributed by atoms with van der Waals surface area (Å²) in [5, 5.41) is 6.69. The molecule has 0 saturated carbocycles. The molecule has 152 valence electrons. The van der Waals surface area contributed by atoms with E-state index in [1.807, 2.05) is 43.3 Å². The minimum absolute atomic E-state index is 0.00640. The van der Waals surface area contributed by atoms with E-state index in [1.165, 1.54) is 0 Å². The van der Waals surface area contributed by atoms with Gasteiger partial charge in [0.1, 0.15) is 11.5 Å². The molecule has 1 atom stereocenters. The van der Waals surface area contributed by atoms with Gasteiger partial charge in [-0.05, 0) is 37.6 Å². The quantitative estimate of drug-likeness (QED) is 0.372. The molecule has 6 heteroatoms. The monoisotopic (exact) mass is 385 g/mol. The summed E-state index contributed by atoms with van der Waals surface area (Å²) in [5.74, 6) is 2.34. The molecular weight excluding hydrogens is 354 g/mol. The molecule has 0 aliphatic rings. The summed E-state index contributed by atoms with van der Waals surface area (Å²) in [7, 11) is 3.33. The third kappa shape index (κ3) is 6.78. The van der Waals surface area contributed by atoms with E-state index >= 15 is 0 Å². The van der Waals surface area contributed by atoms with E-state index < -0.39 is 0 Å². The fourth-order valence-corrected chi connectivity index (χ4v) is 2.77. The zero-order valence-corrected chi connectivity index (χ0v) is 17.2. The Hall–Kier alpha value is -2.73. The van der Waals surface area contributed by atoms with Crippen molar-refractivity contribution in [3.05, 3.63) is 59.7 Å². The van der Waals surface area contributed by atoms with E-state index in [0.29, 0.717) is 19.8 Å². The molecule has 0 saturated heterocycles. The largest absolute Gasteiger partial charge is 0.497 e. The summed E-state index contributed by atoms with van der Waals surface area (Å²) < 4.78 is 16.5. The van der Waals surface area contributed by atoms with Crippen molar-refractivity contribution in [2.45, 2.75) is 26.5 Å². The highest BCUT2D eigenvalue weighted by atomic mass is 16.5. The number of hydrogen-bond donors (Lipinski definition) is 2. The van der Waals surface area contributed by atoms with Gasteiger partial charge >= 0.3 is 0 Å². The lowest BCUT2D eigenvalue weighted by Crippen LogP contribution is -2.39. The molecule has 28 heavy (non-hydrogen) atoms.